The van der Waals surface area contributed by atoms with Gasteiger partial charge >= 0.3 is 6.09 Å². The van der Waals surface area contributed by atoms with Gasteiger partial charge in [0.2, 0.25) is 0 Å². The number of nitrogens with zero attached hydrogens (tertiary/aromatic N) is 1. The lowest BCUT2D eigenvalue weighted by molar-refractivity contribution is 0.161. The highest BCUT2D eigenvalue weighted by atomic mass is 16.5. The molecule has 0 aliphatic heterocycles. The number of nitrogens with two attached hydrogens (primary N) is 1. The number of ether oxygens (including phenoxy) is 1. The van der Waals surface area contributed by atoms with Crippen molar-refractivity contribution in [2.24, 2.45) is 5.73 Å². The van der Waals surface area contributed by atoms with Crippen LogP contribution >= 0.6 is 0 Å². The Kier molecular flexibility index (Phi) is 4.91. The molecule has 1 rings (SSSR count). The number of carbonyl (C=O) groups is 1. The van der Waals surface area contributed by atoms with Crippen LogP contribution in [0, 0.1) is 0 Å². The summed E-state index contributed by atoms with van der Waals surface area (Å²) in [6, 6.07) is 1.93. The van der Waals surface area contributed by atoms with E-state index in [9.17, 15) is 4.79 Å². The number of hydrogen-bond donors (Lipinski definition) is 3. The number of anilines is 2. The van der Waals surface area contributed by atoms with Crippen molar-refractivity contribution in [3.8, 4) is 0 Å². The first kappa shape index (κ1) is 12.1. The topological polar surface area (TPSA) is 89.3 Å². The first-order chi connectivity index (χ1) is 7.72. The van der Waals surface area contributed by atoms with E-state index in [-0.39, 0.29) is 6.61 Å². The van der Waals surface area contributed by atoms with E-state index in [1.54, 1.807) is 12.4 Å². The van der Waals surface area contributed by atoms with E-state index in [0.717, 1.165) is 17.9 Å². The van der Waals surface area contributed by atoms with Crippen molar-refractivity contribution < 1.29 is 9.53 Å². The van der Waals surface area contributed by atoms with Crippen LogP contribution in [-0.4, -0.2) is 30.8 Å². The van der Waals surface area contributed by atoms with E-state index >= 15 is 0 Å². The normalized spacial score (nSPS) is 9.56. The summed E-state index contributed by atoms with van der Waals surface area (Å²) < 4.78 is 4.58. The predicted molar refractivity (Wildman–Crippen MR) is 62.4 cm³/mol. The molecule has 0 saturated carbocycles. The van der Waals surface area contributed by atoms with Gasteiger partial charge in [0.25, 0.3) is 0 Å². The van der Waals surface area contributed by atoms with Crippen molar-refractivity contribution in [1.29, 1.82) is 0 Å². The molecule has 88 valence electrons. The molecule has 1 aromatic rings. The van der Waals surface area contributed by atoms with Gasteiger partial charge in [-0.3, -0.25) is 4.98 Å². The molecule has 0 unspecified atom stereocenters. The minimum absolute atomic E-state index is 0.237. The summed E-state index contributed by atoms with van der Waals surface area (Å²) in [6.07, 6.45) is 2.68. The lowest BCUT2D eigenvalue weighted by Gasteiger charge is -2.08. The Bertz CT molecular complexity index is 343. The monoisotopic (exact) mass is 224 g/mol. The number of carbonyl (C=O) groups excluding carboxylic acids is 1. The zero-order valence-corrected chi connectivity index (χ0v) is 9.19. The first-order valence-corrected chi connectivity index (χ1v) is 5.07. The summed E-state index contributed by atoms with van der Waals surface area (Å²) in [5.41, 5.74) is 6.64. The van der Waals surface area contributed by atoms with Crippen LogP contribution < -0.4 is 16.4 Å². The Morgan fingerprint density at radius 2 is 2.12 bits per heavy atom. The average molecular weight is 224 g/mol. The van der Waals surface area contributed by atoms with Crippen LogP contribution in [0.1, 0.15) is 6.92 Å². The van der Waals surface area contributed by atoms with Crippen molar-refractivity contribution in [1.82, 2.24) is 4.98 Å². The second-order valence-electron chi connectivity index (χ2n) is 3.09. The van der Waals surface area contributed by atoms with Crippen LogP contribution in [0.15, 0.2) is 18.5 Å². The van der Waals surface area contributed by atoms with Crippen molar-refractivity contribution in [3.63, 3.8) is 0 Å². The maximum atomic E-state index is 10.3. The summed E-state index contributed by atoms with van der Waals surface area (Å²) in [7, 11) is 0. The molecular weight excluding hydrogens is 208 g/mol. The zero-order valence-electron chi connectivity index (χ0n) is 9.19. The molecule has 1 heterocycles. The third kappa shape index (κ3) is 4.50. The van der Waals surface area contributed by atoms with Crippen LogP contribution in [0.25, 0.3) is 0 Å². The molecule has 1 amide bonds. The molecule has 0 saturated heterocycles. The number of primary amides is 1. The molecule has 0 bridgehead atoms. The quantitative estimate of drug-likeness (QED) is 0.628. The molecule has 0 aliphatic carbocycles. The molecule has 0 spiro atoms. The third-order valence-electron chi connectivity index (χ3n) is 1.79. The van der Waals surface area contributed by atoms with Crippen LogP contribution in [0.4, 0.5) is 16.2 Å². The third-order valence-corrected chi connectivity index (χ3v) is 1.79. The smallest absolute Gasteiger partial charge is 0.404 e. The van der Waals surface area contributed by atoms with Crippen molar-refractivity contribution >= 4 is 17.5 Å². The maximum absolute atomic E-state index is 10.3. The number of pyridine rings is 1. The Labute approximate surface area is 94.2 Å². The van der Waals surface area contributed by atoms with Gasteiger partial charge in [0.15, 0.2) is 0 Å². The second kappa shape index (κ2) is 6.49. The highest BCUT2D eigenvalue weighted by Crippen LogP contribution is 2.11. The van der Waals surface area contributed by atoms with Gasteiger partial charge in [0, 0.05) is 13.1 Å². The van der Waals surface area contributed by atoms with Crippen LogP contribution in [0.3, 0.4) is 0 Å². The molecule has 4 N–H and O–H groups in total. The first-order valence-electron chi connectivity index (χ1n) is 5.07. The van der Waals surface area contributed by atoms with E-state index < -0.39 is 6.09 Å². The number of aromatic nitrogens is 1. The van der Waals surface area contributed by atoms with E-state index in [0.29, 0.717) is 6.54 Å². The standard InChI is InChI=1S/C10H16N4O2/c1-2-13-8-5-9(7-12-6-8)14-3-4-16-10(11)15/h5-7,13-14H,2-4H2,1H3,(H2,11,15). The molecular formula is C10H16N4O2. The van der Waals surface area contributed by atoms with Gasteiger partial charge in [-0.05, 0) is 13.0 Å². The Balaban J connectivity index is 2.35. The molecule has 0 radical (unpaired) electrons. The summed E-state index contributed by atoms with van der Waals surface area (Å²) in [5.74, 6) is 0. The Hall–Kier alpha value is -1.98. The fourth-order valence-electron chi connectivity index (χ4n) is 1.18. The van der Waals surface area contributed by atoms with Crippen LogP contribution in [0.5, 0.6) is 0 Å². The van der Waals surface area contributed by atoms with Crippen molar-refractivity contribution in [2.75, 3.05) is 30.3 Å². The molecule has 6 nitrogen and oxygen atoms in total. The van der Waals surface area contributed by atoms with E-state index in [4.69, 9.17) is 5.73 Å². The van der Waals surface area contributed by atoms with Crippen LogP contribution in [-0.2, 0) is 4.74 Å². The molecule has 16 heavy (non-hydrogen) atoms. The largest absolute Gasteiger partial charge is 0.448 e. The molecule has 0 atom stereocenters. The maximum Gasteiger partial charge on any atom is 0.404 e. The highest BCUT2D eigenvalue weighted by Gasteiger charge is 1.96. The molecule has 0 aromatic carbocycles. The minimum atomic E-state index is -0.763. The van der Waals surface area contributed by atoms with Crippen molar-refractivity contribution in [3.05, 3.63) is 18.5 Å². The van der Waals surface area contributed by atoms with E-state index in [1.165, 1.54) is 0 Å². The van der Waals surface area contributed by atoms with Crippen molar-refractivity contribution in [2.45, 2.75) is 6.92 Å². The lowest BCUT2D eigenvalue weighted by Crippen LogP contribution is -2.18. The summed E-state index contributed by atoms with van der Waals surface area (Å²) in [5, 5.41) is 6.21. The van der Waals surface area contributed by atoms with Gasteiger partial charge in [0.1, 0.15) is 6.61 Å². The predicted octanol–water partition coefficient (Wildman–Crippen LogP) is 1.02. The van der Waals surface area contributed by atoms with Gasteiger partial charge < -0.3 is 21.1 Å². The number of hydrogen-bond acceptors (Lipinski definition) is 5. The number of amides is 1. The highest BCUT2D eigenvalue weighted by molar-refractivity contribution is 5.64. The van der Waals surface area contributed by atoms with Crippen LogP contribution in [0.2, 0.25) is 0 Å². The van der Waals surface area contributed by atoms with Gasteiger partial charge in [-0.15, -0.1) is 0 Å². The minimum Gasteiger partial charge on any atom is -0.448 e. The molecule has 0 aliphatic rings. The molecule has 6 heteroatoms. The fraction of sp³-hybridized carbons (Fsp3) is 0.400. The Morgan fingerprint density at radius 3 is 2.75 bits per heavy atom. The lowest BCUT2D eigenvalue weighted by atomic mass is 10.3. The summed E-state index contributed by atoms with van der Waals surface area (Å²) >= 11 is 0. The SMILES string of the molecule is CCNc1cncc(NCCOC(N)=O)c1. The Morgan fingerprint density at radius 1 is 1.44 bits per heavy atom. The zero-order chi connectivity index (χ0) is 11.8. The summed E-state index contributed by atoms with van der Waals surface area (Å²) in [4.78, 5) is 14.4. The van der Waals surface area contributed by atoms with Gasteiger partial charge in [-0.25, -0.2) is 4.79 Å². The van der Waals surface area contributed by atoms with Gasteiger partial charge in [-0.1, -0.05) is 0 Å². The number of rotatable bonds is 6. The van der Waals surface area contributed by atoms with Gasteiger partial charge in [0.05, 0.1) is 23.8 Å². The fourth-order valence-corrected chi connectivity index (χ4v) is 1.18. The summed E-state index contributed by atoms with van der Waals surface area (Å²) in [6.45, 7) is 3.59. The van der Waals surface area contributed by atoms with E-state index in [2.05, 4.69) is 20.4 Å². The second-order valence-corrected chi connectivity index (χ2v) is 3.09. The molecule has 0 fully saturated rings. The average Bonchev–Trinajstić information content (AvgIpc) is 2.25. The van der Waals surface area contributed by atoms with Gasteiger partial charge in [-0.2, -0.15) is 0 Å². The van der Waals surface area contributed by atoms with E-state index in [1.807, 2.05) is 13.0 Å². The number of nitrogens with one attached hydrogen (secondary N) is 2. The molecule has 1 aromatic heterocycles.